The number of amides is 2. The molecule has 106 valence electrons. The lowest BCUT2D eigenvalue weighted by Crippen LogP contribution is -2.29. The van der Waals surface area contributed by atoms with Gasteiger partial charge in [-0.05, 0) is 18.6 Å². The second kappa shape index (κ2) is 7.63. The second-order valence-electron chi connectivity index (χ2n) is 4.03. The fourth-order valence-corrected chi connectivity index (χ4v) is 1.48. The number of hydrogen-bond donors (Lipinski definition) is 4. The maximum Gasteiger partial charge on any atom is 0.251 e. The van der Waals surface area contributed by atoms with Crippen LogP contribution in [0.5, 0.6) is 11.5 Å². The Kier molecular flexibility index (Phi) is 5.84. The van der Waals surface area contributed by atoms with E-state index in [0.29, 0.717) is 19.5 Å². The number of nitrogens with one attached hydrogen (secondary N) is 2. The maximum atomic E-state index is 11.7. The van der Waals surface area contributed by atoms with Gasteiger partial charge in [0.05, 0.1) is 6.07 Å². The lowest BCUT2D eigenvalue weighted by Gasteiger charge is -2.06. The lowest BCUT2D eigenvalue weighted by molar-refractivity contribution is -0.120. The molecule has 1 aromatic carbocycles. The Hall–Kier alpha value is -2.75. The van der Waals surface area contributed by atoms with Gasteiger partial charge in [-0.2, -0.15) is 5.26 Å². The van der Waals surface area contributed by atoms with E-state index in [1.165, 1.54) is 12.1 Å². The lowest BCUT2D eigenvalue weighted by atomic mass is 10.2. The summed E-state index contributed by atoms with van der Waals surface area (Å²) in [5.74, 6) is -1.17. The van der Waals surface area contributed by atoms with E-state index in [1.54, 1.807) is 6.07 Å². The average Bonchev–Trinajstić information content (AvgIpc) is 2.37. The Morgan fingerprint density at radius 2 is 1.70 bits per heavy atom. The molecule has 2 amide bonds. The molecule has 0 saturated heterocycles. The van der Waals surface area contributed by atoms with Crippen molar-refractivity contribution >= 4 is 11.8 Å². The summed E-state index contributed by atoms with van der Waals surface area (Å²) in [5.41, 5.74) is 0.149. The molecule has 0 spiro atoms. The van der Waals surface area contributed by atoms with Crippen molar-refractivity contribution in [2.24, 2.45) is 0 Å². The highest BCUT2D eigenvalue weighted by Gasteiger charge is 2.07. The number of phenols is 2. The minimum atomic E-state index is -0.431. The minimum Gasteiger partial charge on any atom is -0.508 e. The van der Waals surface area contributed by atoms with Gasteiger partial charge in [0.25, 0.3) is 5.91 Å². The van der Waals surface area contributed by atoms with Crippen LogP contribution < -0.4 is 10.6 Å². The van der Waals surface area contributed by atoms with Gasteiger partial charge in [0.15, 0.2) is 0 Å². The second-order valence-corrected chi connectivity index (χ2v) is 4.03. The highest BCUT2D eigenvalue weighted by molar-refractivity contribution is 5.95. The smallest absolute Gasteiger partial charge is 0.251 e. The zero-order chi connectivity index (χ0) is 15.0. The number of rotatable bonds is 6. The Balaban J connectivity index is 2.30. The first-order valence-electron chi connectivity index (χ1n) is 5.98. The summed E-state index contributed by atoms with van der Waals surface area (Å²) in [6, 6.07) is 5.34. The van der Waals surface area contributed by atoms with Gasteiger partial charge >= 0.3 is 0 Å². The van der Waals surface area contributed by atoms with Crippen LogP contribution >= 0.6 is 0 Å². The first-order chi connectivity index (χ1) is 9.52. The van der Waals surface area contributed by atoms with E-state index in [-0.39, 0.29) is 29.4 Å². The van der Waals surface area contributed by atoms with E-state index in [0.717, 1.165) is 6.07 Å². The molecule has 0 aliphatic heterocycles. The van der Waals surface area contributed by atoms with Crippen molar-refractivity contribution in [1.82, 2.24) is 10.6 Å². The summed E-state index contributed by atoms with van der Waals surface area (Å²) in [6.07, 6.45) is 0.322. The van der Waals surface area contributed by atoms with Gasteiger partial charge in [0.2, 0.25) is 5.91 Å². The summed E-state index contributed by atoms with van der Waals surface area (Å²) in [4.78, 5) is 22.6. The van der Waals surface area contributed by atoms with E-state index < -0.39 is 5.91 Å². The first kappa shape index (κ1) is 15.3. The number of benzene rings is 1. The Morgan fingerprint density at radius 1 is 1.10 bits per heavy atom. The third-order valence-corrected chi connectivity index (χ3v) is 2.37. The molecular weight excluding hydrogens is 262 g/mol. The molecular formula is C13H15N3O4. The summed E-state index contributed by atoms with van der Waals surface area (Å²) < 4.78 is 0. The topological polar surface area (TPSA) is 122 Å². The van der Waals surface area contributed by atoms with E-state index in [1.807, 2.05) is 0 Å². The van der Waals surface area contributed by atoms with E-state index >= 15 is 0 Å². The third-order valence-electron chi connectivity index (χ3n) is 2.37. The molecule has 7 heteroatoms. The van der Waals surface area contributed by atoms with Crippen molar-refractivity contribution in [3.05, 3.63) is 23.8 Å². The zero-order valence-electron chi connectivity index (χ0n) is 10.7. The number of carbonyl (C=O) groups is 2. The number of aromatic hydroxyl groups is 2. The normalized spacial score (nSPS) is 9.55. The number of hydrogen-bond acceptors (Lipinski definition) is 5. The van der Waals surface area contributed by atoms with Crippen LogP contribution in [-0.4, -0.2) is 35.1 Å². The molecule has 0 aliphatic rings. The van der Waals surface area contributed by atoms with Crippen LogP contribution in [0.25, 0.3) is 0 Å². The molecule has 4 N–H and O–H groups in total. The van der Waals surface area contributed by atoms with E-state index in [9.17, 15) is 19.8 Å². The summed E-state index contributed by atoms with van der Waals surface area (Å²) in [5, 5.41) is 31.9. The maximum absolute atomic E-state index is 11.7. The van der Waals surface area contributed by atoms with Crippen LogP contribution in [0.4, 0.5) is 0 Å². The Morgan fingerprint density at radius 3 is 2.30 bits per heavy atom. The minimum absolute atomic E-state index is 0.149. The quantitative estimate of drug-likeness (QED) is 0.555. The van der Waals surface area contributed by atoms with Gasteiger partial charge < -0.3 is 20.8 Å². The highest BCUT2D eigenvalue weighted by atomic mass is 16.3. The van der Waals surface area contributed by atoms with Gasteiger partial charge in [-0.25, -0.2) is 0 Å². The molecule has 0 unspecified atom stereocenters. The van der Waals surface area contributed by atoms with Crippen molar-refractivity contribution in [1.29, 1.82) is 5.26 Å². The van der Waals surface area contributed by atoms with Gasteiger partial charge in [-0.3, -0.25) is 9.59 Å². The van der Waals surface area contributed by atoms with Crippen molar-refractivity contribution in [3.63, 3.8) is 0 Å². The molecule has 1 rings (SSSR count). The molecule has 20 heavy (non-hydrogen) atoms. The Labute approximate surface area is 115 Å². The van der Waals surface area contributed by atoms with Crippen LogP contribution in [0.2, 0.25) is 0 Å². The van der Waals surface area contributed by atoms with Crippen molar-refractivity contribution in [3.8, 4) is 17.6 Å². The molecule has 0 bridgehead atoms. The molecule has 1 aromatic rings. The molecule has 0 radical (unpaired) electrons. The number of phenolic OH excluding ortho intramolecular Hbond substituents is 2. The standard InChI is InChI=1S/C13H15N3O4/c14-3-2-12(19)15-4-1-5-16-13(20)9-6-10(17)8-11(18)7-9/h6-8,17-18H,1-2,4-5H2,(H,15,19)(H,16,20). The highest BCUT2D eigenvalue weighted by Crippen LogP contribution is 2.20. The van der Waals surface area contributed by atoms with Crippen LogP contribution in [0.15, 0.2) is 18.2 Å². The fraction of sp³-hybridized carbons (Fsp3) is 0.308. The first-order valence-corrected chi connectivity index (χ1v) is 5.98. The van der Waals surface area contributed by atoms with E-state index in [4.69, 9.17) is 5.26 Å². The monoisotopic (exact) mass is 277 g/mol. The van der Waals surface area contributed by atoms with Gasteiger partial charge in [0.1, 0.15) is 17.9 Å². The van der Waals surface area contributed by atoms with Crippen LogP contribution in [0, 0.1) is 11.3 Å². The number of nitriles is 1. The summed E-state index contributed by atoms with van der Waals surface area (Å²) in [7, 11) is 0. The van der Waals surface area contributed by atoms with Crippen LogP contribution in [0.1, 0.15) is 23.2 Å². The average molecular weight is 277 g/mol. The van der Waals surface area contributed by atoms with Crippen molar-refractivity contribution in [2.75, 3.05) is 13.1 Å². The van der Waals surface area contributed by atoms with Crippen molar-refractivity contribution in [2.45, 2.75) is 12.8 Å². The molecule has 7 nitrogen and oxygen atoms in total. The molecule has 0 aliphatic carbocycles. The third kappa shape index (κ3) is 5.27. The fourth-order valence-electron chi connectivity index (χ4n) is 1.48. The summed E-state index contributed by atoms with van der Waals surface area (Å²) >= 11 is 0. The van der Waals surface area contributed by atoms with Crippen molar-refractivity contribution < 1.29 is 19.8 Å². The molecule has 0 atom stereocenters. The SMILES string of the molecule is N#CCC(=O)NCCCNC(=O)c1cc(O)cc(O)c1. The van der Waals surface area contributed by atoms with Crippen LogP contribution in [-0.2, 0) is 4.79 Å². The predicted octanol–water partition coefficient (Wildman–Crippen LogP) is 0.248. The van der Waals surface area contributed by atoms with Gasteiger partial charge in [-0.15, -0.1) is 0 Å². The largest absolute Gasteiger partial charge is 0.508 e. The Bertz CT molecular complexity index is 517. The zero-order valence-corrected chi connectivity index (χ0v) is 10.7. The molecule has 0 aromatic heterocycles. The van der Waals surface area contributed by atoms with E-state index in [2.05, 4.69) is 10.6 Å². The van der Waals surface area contributed by atoms with Gasteiger partial charge in [-0.1, -0.05) is 0 Å². The molecule has 0 heterocycles. The molecule has 0 fully saturated rings. The number of carbonyl (C=O) groups excluding carboxylic acids is 2. The van der Waals surface area contributed by atoms with Gasteiger partial charge in [0, 0.05) is 24.7 Å². The predicted molar refractivity (Wildman–Crippen MR) is 70.0 cm³/mol. The molecule has 0 saturated carbocycles. The summed E-state index contributed by atoms with van der Waals surface area (Å²) in [6.45, 7) is 0.675. The number of nitrogens with zero attached hydrogens (tertiary/aromatic N) is 1. The van der Waals surface area contributed by atoms with Crippen LogP contribution in [0.3, 0.4) is 0 Å².